The van der Waals surface area contributed by atoms with Crippen LogP contribution in [0.1, 0.15) is 52.4 Å². The van der Waals surface area contributed by atoms with Crippen molar-refractivity contribution in [3.8, 4) is 0 Å². The molecule has 0 bridgehead atoms. The van der Waals surface area contributed by atoms with Crippen LogP contribution < -0.4 is 5.32 Å². The fourth-order valence-electron chi connectivity index (χ4n) is 2.53. The second kappa shape index (κ2) is 7.39. The molecule has 0 aliphatic heterocycles. The van der Waals surface area contributed by atoms with Gasteiger partial charge in [-0.3, -0.25) is 9.59 Å². The quantitative estimate of drug-likeness (QED) is 0.741. The Balaban J connectivity index is 2.45. The van der Waals surface area contributed by atoms with Crippen LogP contribution in [0.4, 0.5) is 0 Å². The molecule has 1 aliphatic rings. The number of hydrogen-bond donors (Lipinski definition) is 1. The molecular weight excluding hydrogens is 230 g/mol. The van der Waals surface area contributed by atoms with E-state index in [4.69, 9.17) is 4.74 Å². The van der Waals surface area contributed by atoms with Crippen molar-refractivity contribution in [1.29, 1.82) is 0 Å². The monoisotopic (exact) mass is 255 g/mol. The summed E-state index contributed by atoms with van der Waals surface area (Å²) < 4.78 is 4.78. The van der Waals surface area contributed by atoms with Crippen LogP contribution in [-0.2, 0) is 14.3 Å². The average Bonchev–Trinajstić information content (AvgIpc) is 2.82. The Kier molecular flexibility index (Phi) is 6.16. The van der Waals surface area contributed by atoms with E-state index in [9.17, 15) is 9.59 Å². The number of nitrogens with one attached hydrogen (secondary N) is 1. The summed E-state index contributed by atoms with van der Waals surface area (Å²) in [5.74, 6) is -0.246. The second-order valence-corrected chi connectivity index (χ2v) is 5.22. The highest BCUT2D eigenvalue weighted by Gasteiger charge is 2.35. The van der Waals surface area contributed by atoms with Crippen molar-refractivity contribution in [1.82, 2.24) is 5.32 Å². The smallest absolute Gasteiger partial charge is 0.310 e. The summed E-state index contributed by atoms with van der Waals surface area (Å²) in [6.07, 6.45) is 5.77. The zero-order valence-electron chi connectivity index (χ0n) is 11.7. The largest absolute Gasteiger partial charge is 0.469 e. The van der Waals surface area contributed by atoms with Gasteiger partial charge in [0.2, 0.25) is 5.91 Å². The maximum absolute atomic E-state index is 12.0. The van der Waals surface area contributed by atoms with Gasteiger partial charge in [0.05, 0.1) is 13.0 Å². The van der Waals surface area contributed by atoms with Crippen molar-refractivity contribution in [2.45, 2.75) is 58.4 Å². The molecule has 1 rings (SSSR count). The predicted octanol–water partition coefficient (Wildman–Crippen LogP) is 2.27. The van der Waals surface area contributed by atoms with Crippen LogP contribution in [0.25, 0.3) is 0 Å². The van der Waals surface area contributed by atoms with Crippen LogP contribution >= 0.6 is 0 Å². The van der Waals surface area contributed by atoms with Gasteiger partial charge in [0.15, 0.2) is 0 Å². The zero-order chi connectivity index (χ0) is 13.5. The summed E-state index contributed by atoms with van der Waals surface area (Å²) in [6.45, 7) is 4.07. The molecule has 0 aromatic carbocycles. The van der Waals surface area contributed by atoms with E-state index in [1.165, 1.54) is 7.11 Å². The molecule has 0 saturated heterocycles. The Bertz CT molecular complexity index is 291. The molecule has 1 fully saturated rings. The molecule has 3 atom stereocenters. The van der Waals surface area contributed by atoms with Crippen LogP contribution in [0, 0.1) is 11.8 Å². The van der Waals surface area contributed by atoms with Gasteiger partial charge in [-0.2, -0.15) is 0 Å². The summed E-state index contributed by atoms with van der Waals surface area (Å²) in [4.78, 5) is 23.6. The number of methoxy groups -OCH3 is 1. The highest BCUT2D eigenvalue weighted by atomic mass is 16.5. The number of carbonyl (C=O) groups excluding carboxylic acids is 2. The van der Waals surface area contributed by atoms with E-state index in [1.807, 2.05) is 6.92 Å². The first kappa shape index (κ1) is 15.0. The number of unbranched alkanes of at least 4 members (excludes halogenated alkanes) is 1. The van der Waals surface area contributed by atoms with Crippen molar-refractivity contribution in [2.24, 2.45) is 11.8 Å². The standard InChI is InChI=1S/C14H25NO3/c1-4-5-7-10(2)13(16)15-12-9-6-8-11(12)14(17)18-3/h10-12H,4-9H2,1-3H3,(H,15,16)/t10-,11+,12+/m0/s1. The molecule has 1 amide bonds. The molecule has 0 heterocycles. The molecule has 0 aromatic rings. The first-order valence-corrected chi connectivity index (χ1v) is 6.98. The second-order valence-electron chi connectivity index (χ2n) is 5.22. The van der Waals surface area contributed by atoms with Gasteiger partial charge in [0, 0.05) is 12.0 Å². The molecule has 4 nitrogen and oxygen atoms in total. The summed E-state index contributed by atoms with van der Waals surface area (Å²) in [5, 5.41) is 3.01. The van der Waals surface area contributed by atoms with E-state index >= 15 is 0 Å². The van der Waals surface area contributed by atoms with Gasteiger partial charge in [-0.15, -0.1) is 0 Å². The zero-order valence-corrected chi connectivity index (χ0v) is 11.7. The third-order valence-electron chi connectivity index (χ3n) is 3.79. The fraction of sp³-hybridized carbons (Fsp3) is 0.857. The van der Waals surface area contributed by atoms with E-state index in [0.717, 1.165) is 38.5 Å². The highest BCUT2D eigenvalue weighted by molar-refractivity contribution is 5.80. The van der Waals surface area contributed by atoms with Gasteiger partial charge < -0.3 is 10.1 Å². The molecule has 1 N–H and O–H groups in total. The van der Waals surface area contributed by atoms with Crippen molar-refractivity contribution < 1.29 is 14.3 Å². The molecule has 0 unspecified atom stereocenters. The molecule has 1 saturated carbocycles. The topological polar surface area (TPSA) is 55.4 Å². The minimum atomic E-state index is -0.195. The van der Waals surface area contributed by atoms with Gasteiger partial charge in [-0.25, -0.2) is 0 Å². The van der Waals surface area contributed by atoms with E-state index in [0.29, 0.717) is 0 Å². The van der Waals surface area contributed by atoms with Crippen molar-refractivity contribution in [3.63, 3.8) is 0 Å². The Morgan fingerprint density at radius 3 is 2.72 bits per heavy atom. The maximum Gasteiger partial charge on any atom is 0.310 e. The van der Waals surface area contributed by atoms with Gasteiger partial charge >= 0.3 is 5.97 Å². The number of rotatable bonds is 6. The van der Waals surface area contributed by atoms with E-state index in [-0.39, 0.29) is 29.8 Å². The van der Waals surface area contributed by atoms with Crippen LogP contribution in [0.2, 0.25) is 0 Å². The molecule has 1 aliphatic carbocycles. The molecule has 0 aromatic heterocycles. The molecule has 0 spiro atoms. The van der Waals surface area contributed by atoms with E-state index in [1.54, 1.807) is 0 Å². The minimum Gasteiger partial charge on any atom is -0.469 e. The SMILES string of the molecule is CCCC[C@H](C)C(=O)N[C@@H]1CCC[C@H]1C(=O)OC. The number of ether oxygens (including phenoxy) is 1. The Labute approximate surface area is 109 Å². The van der Waals surface area contributed by atoms with Gasteiger partial charge in [-0.05, 0) is 19.3 Å². The third kappa shape index (κ3) is 4.00. The third-order valence-corrected chi connectivity index (χ3v) is 3.79. The lowest BCUT2D eigenvalue weighted by molar-refractivity contribution is -0.146. The molecular formula is C14H25NO3. The molecule has 0 radical (unpaired) electrons. The Morgan fingerprint density at radius 1 is 1.39 bits per heavy atom. The van der Waals surface area contributed by atoms with Crippen molar-refractivity contribution in [2.75, 3.05) is 7.11 Å². The van der Waals surface area contributed by atoms with Gasteiger partial charge in [-0.1, -0.05) is 33.1 Å². The first-order valence-electron chi connectivity index (χ1n) is 6.98. The van der Waals surface area contributed by atoms with Crippen LogP contribution in [-0.4, -0.2) is 25.0 Å². The normalized spacial score (nSPS) is 24.6. The Hall–Kier alpha value is -1.06. The lowest BCUT2D eigenvalue weighted by Crippen LogP contribution is -2.42. The maximum atomic E-state index is 12.0. The molecule has 18 heavy (non-hydrogen) atoms. The summed E-state index contributed by atoms with van der Waals surface area (Å²) in [7, 11) is 1.41. The van der Waals surface area contributed by atoms with Gasteiger partial charge in [0.1, 0.15) is 0 Å². The fourth-order valence-corrected chi connectivity index (χ4v) is 2.53. The lowest BCUT2D eigenvalue weighted by atomic mass is 10.0. The van der Waals surface area contributed by atoms with Crippen molar-refractivity contribution in [3.05, 3.63) is 0 Å². The number of hydrogen-bond acceptors (Lipinski definition) is 3. The van der Waals surface area contributed by atoms with Gasteiger partial charge in [0.25, 0.3) is 0 Å². The van der Waals surface area contributed by atoms with Crippen LogP contribution in [0.15, 0.2) is 0 Å². The van der Waals surface area contributed by atoms with E-state index < -0.39 is 0 Å². The summed E-state index contributed by atoms with van der Waals surface area (Å²) >= 11 is 0. The van der Waals surface area contributed by atoms with E-state index in [2.05, 4.69) is 12.2 Å². The van der Waals surface area contributed by atoms with Crippen molar-refractivity contribution >= 4 is 11.9 Å². The Morgan fingerprint density at radius 2 is 2.11 bits per heavy atom. The highest BCUT2D eigenvalue weighted by Crippen LogP contribution is 2.27. The predicted molar refractivity (Wildman–Crippen MR) is 70.0 cm³/mol. The molecule has 4 heteroatoms. The summed E-state index contributed by atoms with van der Waals surface area (Å²) in [5.41, 5.74) is 0. The lowest BCUT2D eigenvalue weighted by Gasteiger charge is -2.21. The summed E-state index contributed by atoms with van der Waals surface area (Å²) in [6, 6.07) is -0.0333. The first-order chi connectivity index (χ1) is 8.60. The number of esters is 1. The molecule has 104 valence electrons. The van der Waals surface area contributed by atoms with Crippen LogP contribution in [0.3, 0.4) is 0 Å². The van der Waals surface area contributed by atoms with Crippen LogP contribution in [0.5, 0.6) is 0 Å². The average molecular weight is 255 g/mol. The minimum absolute atomic E-state index is 0.0313. The number of amides is 1. The number of carbonyl (C=O) groups is 2.